The van der Waals surface area contributed by atoms with Gasteiger partial charge in [0.25, 0.3) is 5.91 Å². The van der Waals surface area contributed by atoms with Gasteiger partial charge in [-0.3, -0.25) is 14.7 Å². The molecule has 0 bridgehead atoms. The molecule has 5 nitrogen and oxygen atoms in total. The minimum absolute atomic E-state index is 0.201. The van der Waals surface area contributed by atoms with Gasteiger partial charge < -0.3 is 10.6 Å². The third kappa shape index (κ3) is 5.38. The van der Waals surface area contributed by atoms with Crippen molar-refractivity contribution in [3.63, 3.8) is 0 Å². The fourth-order valence-electron chi connectivity index (χ4n) is 3.07. The van der Waals surface area contributed by atoms with Crippen LogP contribution in [0.15, 0.2) is 42.7 Å². The first kappa shape index (κ1) is 19.0. The highest BCUT2D eigenvalue weighted by atomic mass is 127. The lowest BCUT2D eigenvalue weighted by atomic mass is 10.1. The van der Waals surface area contributed by atoms with Gasteiger partial charge in [-0.2, -0.15) is 0 Å². The molecule has 1 amide bonds. The molecule has 0 spiro atoms. The maximum Gasteiger partial charge on any atom is 0.253 e. The summed E-state index contributed by atoms with van der Waals surface area (Å²) in [4.78, 5) is 18.8. The maximum atomic E-state index is 14.2. The fourth-order valence-corrected chi connectivity index (χ4v) is 3.52. The van der Waals surface area contributed by atoms with Crippen molar-refractivity contribution in [1.82, 2.24) is 15.2 Å². The molecule has 1 aromatic carbocycles. The molecule has 1 aliphatic rings. The number of aromatic nitrogens is 1. The number of rotatable bonds is 6. The predicted molar refractivity (Wildman–Crippen MR) is 109 cm³/mol. The average molecular weight is 468 g/mol. The summed E-state index contributed by atoms with van der Waals surface area (Å²) in [6.07, 6.45) is 6.33. The van der Waals surface area contributed by atoms with E-state index in [1.54, 1.807) is 30.6 Å². The number of nitrogens with zero attached hydrogens (tertiary/aromatic N) is 2. The van der Waals surface area contributed by atoms with E-state index in [1.807, 2.05) is 6.07 Å². The lowest BCUT2D eigenvalue weighted by Gasteiger charge is -2.31. The maximum absolute atomic E-state index is 14.2. The van der Waals surface area contributed by atoms with Crippen LogP contribution in [0.25, 0.3) is 0 Å². The molecule has 0 radical (unpaired) electrons. The quantitative estimate of drug-likeness (QED) is 0.504. The Hall–Kier alpha value is -1.74. The van der Waals surface area contributed by atoms with Crippen molar-refractivity contribution in [3.8, 4) is 0 Å². The standard InChI is InChI=1S/C19H22FIN4O/c20-16-12-15(21)4-5-17(16)23-18(13-25-10-2-1-3-11-25)24-19(26)14-6-8-22-9-7-14/h4-9,12,18,23H,1-3,10-11,13H2,(H,24,26). The van der Waals surface area contributed by atoms with Crippen LogP contribution in [0.4, 0.5) is 10.1 Å². The van der Waals surface area contributed by atoms with Crippen molar-refractivity contribution >= 4 is 34.2 Å². The van der Waals surface area contributed by atoms with Crippen LogP contribution in [0.3, 0.4) is 0 Å². The van der Waals surface area contributed by atoms with Crippen LogP contribution in [0.5, 0.6) is 0 Å². The summed E-state index contributed by atoms with van der Waals surface area (Å²) in [6.45, 7) is 2.62. The number of anilines is 1. The van der Waals surface area contributed by atoms with Crippen molar-refractivity contribution in [1.29, 1.82) is 0 Å². The molecule has 1 saturated heterocycles. The molecule has 3 rings (SSSR count). The first-order valence-corrected chi connectivity index (χ1v) is 9.84. The van der Waals surface area contributed by atoms with E-state index in [9.17, 15) is 9.18 Å². The van der Waals surface area contributed by atoms with E-state index in [1.165, 1.54) is 12.5 Å². The molecule has 2 aromatic rings. The highest BCUT2D eigenvalue weighted by molar-refractivity contribution is 14.1. The molecule has 1 aliphatic heterocycles. The van der Waals surface area contributed by atoms with E-state index in [2.05, 4.69) is 43.1 Å². The normalized spacial score (nSPS) is 16.1. The number of nitrogens with one attached hydrogen (secondary N) is 2. The van der Waals surface area contributed by atoms with Gasteiger partial charge in [0.1, 0.15) is 12.0 Å². The molecule has 0 saturated carbocycles. The molecular formula is C19H22FIN4O. The van der Waals surface area contributed by atoms with Crippen molar-refractivity contribution in [2.75, 3.05) is 25.0 Å². The Bertz CT molecular complexity index is 738. The van der Waals surface area contributed by atoms with Crippen molar-refractivity contribution < 1.29 is 9.18 Å². The van der Waals surface area contributed by atoms with Crippen LogP contribution in [0, 0.1) is 9.39 Å². The molecule has 1 atom stereocenters. The number of carbonyl (C=O) groups is 1. The number of benzene rings is 1. The van der Waals surface area contributed by atoms with Gasteiger partial charge in [0.2, 0.25) is 0 Å². The van der Waals surface area contributed by atoms with Gasteiger partial charge >= 0.3 is 0 Å². The average Bonchev–Trinajstić information content (AvgIpc) is 2.65. The Balaban J connectivity index is 1.73. The lowest BCUT2D eigenvalue weighted by Crippen LogP contribution is -2.49. The number of likely N-dealkylation sites (tertiary alicyclic amines) is 1. The third-order valence-corrected chi connectivity index (χ3v) is 5.07. The summed E-state index contributed by atoms with van der Waals surface area (Å²) in [5.41, 5.74) is 0.927. The molecule has 1 aromatic heterocycles. The monoisotopic (exact) mass is 468 g/mol. The van der Waals surface area contributed by atoms with Crippen LogP contribution < -0.4 is 10.6 Å². The first-order valence-electron chi connectivity index (χ1n) is 8.76. The van der Waals surface area contributed by atoms with E-state index in [-0.39, 0.29) is 17.9 Å². The van der Waals surface area contributed by atoms with Gasteiger partial charge in [-0.15, -0.1) is 0 Å². The number of hydrogen-bond acceptors (Lipinski definition) is 4. The molecule has 138 valence electrons. The molecule has 2 heterocycles. The van der Waals surface area contributed by atoms with Gasteiger partial charge in [-0.25, -0.2) is 4.39 Å². The van der Waals surface area contributed by atoms with Crippen LogP contribution >= 0.6 is 22.6 Å². The van der Waals surface area contributed by atoms with Crippen LogP contribution in [0.2, 0.25) is 0 Å². The zero-order chi connectivity index (χ0) is 18.4. The highest BCUT2D eigenvalue weighted by Crippen LogP contribution is 2.18. The van der Waals surface area contributed by atoms with Crippen molar-refractivity contribution in [3.05, 3.63) is 57.7 Å². The smallest absolute Gasteiger partial charge is 0.253 e. The summed E-state index contributed by atoms with van der Waals surface area (Å²) >= 11 is 2.08. The lowest BCUT2D eigenvalue weighted by molar-refractivity contribution is 0.0927. The van der Waals surface area contributed by atoms with Crippen molar-refractivity contribution in [2.45, 2.75) is 25.4 Å². The van der Waals surface area contributed by atoms with Crippen LogP contribution in [0.1, 0.15) is 29.6 Å². The molecule has 7 heteroatoms. The molecule has 1 unspecified atom stereocenters. The Morgan fingerprint density at radius 1 is 1.19 bits per heavy atom. The van der Waals surface area contributed by atoms with Gasteiger partial charge in [0, 0.05) is 28.1 Å². The van der Waals surface area contributed by atoms with E-state index in [4.69, 9.17) is 0 Å². The third-order valence-electron chi connectivity index (χ3n) is 4.40. The molecule has 26 heavy (non-hydrogen) atoms. The Morgan fingerprint density at radius 2 is 1.92 bits per heavy atom. The van der Waals surface area contributed by atoms with E-state index >= 15 is 0 Å². The molecular weight excluding hydrogens is 446 g/mol. The van der Waals surface area contributed by atoms with Gasteiger partial charge in [-0.05, 0) is 78.9 Å². The number of pyridine rings is 1. The summed E-state index contributed by atoms with van der Waals surface area (Å²) < 4.78 is 15.1. The van der Waals surface area contributed by atoms with Crippen LogP contribution in [-0.4, -0.2) is 41.6 Å². The summed E-state index contributed by atoms with van der Waals surface area (Å²) in [5, 5.41) is 6.14. The molecule has 1 fully saturated rings. The highest BCUT2D eigenvalue weighted by Gasteiger charge is 2.20. The van der Waals surface area contributed by atoms with Crippen LogP contribution in [-0.2, 0) is 0 Å². The SMILES string of the molecule is O=C(NC(CN1CCCCC1)Nc1ccc(I)cc1F)c1ccncc1. The van der Waals surface area contributed by atoms with Gasteiger partial charge in [0.15, 0.2) is 0 Å². The summed E-state index contributed by atoms with van der Waals surface area (Å²) in [7, 11) is 0. The zero-order valence-corrected chi connectivity index (χ0v) is 16.6. The van der Waals surface area contributed by atoms with Gasteiger partial charge in [-0.1, -0.05) is 6.42 Å². The van der Waals surface area contributed by atoms with Crippen molar-refractivity contribution in [2.24, 2.45) is 0 Å². The Morgan fingerprint density at radius 3 is 2.62 bits per heavy atom. The number of piperidine rings is 1. The second-order valence-electron chi connectivity index (χ2n) is 6.39. The predicted octanol–water partition coefficient (Wildman–Crippen LogP) is 3.48. The Kier molecular flexibility index (Phi) is 6.79. The number of carbonyl (C=O) groups excluding carboxylic acids is 1. The van der Waals surface area contributed by atoms with E-state index < -0.39 is 0 Å². The fraction of sp³-hybridized carbons (Fsp3) is 0.368. The zero-order valence-electron chi connectivity index (χ0n) is 14.4. The summed E-state index contributed by atoms with van der Waals surface area (Å²) in [6, 6.07) is 8.36. The molecule has 0 aliphatic carbocycles. The minimum atomic E-state index is -0.386. The second kappa shape index (κ2) is 9.27. The number of hydrogen-bond donors (Lipinski definition) is 2. The summed E-state index contributed by atoms with van der Waals surface area (Å²) in [5.74, 6) is -0.522. The van der Waals surface area contributed by atoms with Gasteiger partial charge in [0.05, 0.1) is 5.69 Å². The number of halogens is 2. The Labute approximate surface area is 166 Å². The topological polar surface area (TPSA) is 57.3 Å². The van der Waals surface area contributed by atoms with E-state index in [0.29, 0.717) is 17.8 Å². The first-order chi connectivity index (χ1) is 12.6. The number of amides is 1. The largest absolute Gasteiger partial charge is 0.362 e. The second-order valence-corrected chi connectivity index (χ2v) is 7.64. The minimum Gasteiger partial charge on any atom is -0.362 e. The van der Waals surface area contributed by atoms with E-state index in [0.717, 1.165) is 29.5 Å². The molecule has 2 N–H and O–H groups in total.